The number of amides is 1. The number of hydrogen-bond donors (Lipinski definition) is 1. The van der Waals surface area contributed by atoms with Gasteiger partial charge in [-0.05, 0) is 43.5 Å². The van der Waals surface area contributed by atoms with E-state index < -0.39 is 0 Å². The number of nitrogens with one attached hydrogen (secondary N) is 1. The van der Waals surface area contributed by atoms with Gasteiger partial charge in [-0.15, -0.1) is 0 Å². The van der Waals surface area contributed by atoms with Gasteiger partial charge in [0.05, 0.1) is 0 Å². The van der Waals surface area contributed by atoms with E-state index in [1.807, 2.05) is 17.0 Å². The van der Waals surface area contributed by atoms with Gasteiger partial charge in [0, 0.05) is 35.8 Å². The summed E-state index contributed by atoms with van der Waals surface area (Å²) in [6.07, 6.45) is 3.53. The molecule has 2 unspecified atom stereocenters. The topological polar surface area (TPSA) is 32.3 Å². The van der Waals surface area contributed by atoms with Crippen molar-refractivity contribution in [2.45, 2.75) is 31.3 Å². The van der Waals surface area contributed by atoms with Crippen molar-refractivity contribution in [1.29, 1.82) is 0 Å². The summed E-state index contributed by atoms with van der Waals surface area (Å²) in [4.78, 5) is 14.5. The lowest BCUT2D eigenvalue weighted by Crippen LogP contribution is -2.57. The molecule has 0 bridgehead atoms. The molecule has 4 heteroatoms. The van der Waals surface area contributed by atoms with E-state index in [0.717, 1.165) is 25.1 Å². The van der Waals surface area contributed by atoms with Crippen molar-refractivity contribution in [1.82, 2.24) is 10.2 Å². The molecule has 1 aliphatic carbocycles. The van der Waals surface area contributed by atoms with Crippen molar-refractivity contribution in [3.8, 4) is 0 Å². The predicted molar refractivity (Wildman–Crippen MR) is 71.9 cm³/mol. The number of hydrogen-bond acceptors (Lipinski definition) is 2. The number of nitrogens with zero attached hydrogens (tertiary/aromatic N) is 1. The number of benzene rings is 1. The average molecular weight is 265 g/mol. The number of rotatable bonds is 1. The third-order valence-corrected chi connectivity index (χ3v) is 4.24. The first-order valence-corrected chi connectivity index (χ1v) is 6.93. The Bertz CT molecular complexity index is 446. The Morgan fingerprint density at radius 1 is 1.28 bits per heavy atom. The van der Waals surface area contributed by atoms with Crippen LogP contribution in [0.25, 0.3) is 0 Å². The molecule has 2 aliphatic rings. The van der Waals surface area contributed by atoms with Gasteiger partial charge < -0.3 is 10.2 Å². The largest absolute Gasteiger partial charge is 0.333 e. The van der Waals surface area contributed by atoms with Crippen molar-refractivity contribution in [2.24, 2.45) is 0 Å². The second kappa shape index (κ2) is 4.90. The van der Waals surface area contributed by atoms with E-state index in [2.05, 4.69) is 5.32 Å². The first kappa shape index (κ1) is 12.0. The maximum absolute atomic E-state index is 12.5. The van der Waals surface area contributed by atoms with Crippen molar-refractivity contribution in [2.75, 3.05) is 13.1 Å². The molecule has 0 spiro atoms. The lowest BCUT2D eigenvalue weighted by molar-refractivity contribution is 0.0599. The molecule has 1 N–H and O–H groups in total. The van der Waals surface area contributed by atoms with Crippen LogP contribution < -0.4 is 5.32 Å². The van der Waals surface area contributed by atoms with Gasteiger partial charge in [-0.25, -0.2) is 0 Å². The van der Waals surface area contributed by atoms with E-state index in [1.54, 1.807) is 12.1 Å². The highest BCUT2D eigenvalue weighted by atomic mass is 35.5. The minimum absolute atomic E-state index is 0.144. The van der Waals surface area contributed by atoms with Gasteiger partial charge in [0.2, 0.25) is 0 Å². The number of fused-ring (bicyclic) bond motifs is 1. The number of halogens is 1. The molecule has 1 amide bonds. The van der Waals surface area contributed by atoms with Crippen LogP contribution in [0.5, 0.6) is 0 Å². The van der Waals surface area contributed by atoms with Gasteiger partial charge in [-0.1, -0.05) is 11.6 Å². The standard InChI is InChI=1S/C14H17ClN2O/c15-11-6-4-10(5-7-11)14(18)17-9-8-16-12-2-1-3-13(12)17/h4-7,12-13,16H,1-3,8-9H2. The summed E-state index contributed by atoms with van der Waals surface area (Å²) < 4.78 is 0. The van der Waals surface area contributed by atoms with Gasteiger partial charge >= 0.3 is 0 Å². The second-order valence-electron chi connectivity index (χ2n) is 5.06. The fraction of sp³-hybridized carbons (Fsp3) is 0.500. The summed E-state index contributed by atoms with van der Waals surface area (Å²) in [5.41, 5.74) is 0.743. The summed E-state index contributed by atoms with van der Waals surface area (Å²) in [6, 6.07) is 8.07. The van der Waals surface area contributed by atoms with Crippen LogP contribution in [-0.4, -0.2) is 36.0 Å². The van der Waals surface area contributed by atoms with Crippen LogP contribution in [0, 0.1) is 0 Å². The molecule has 1 aliphatic heterocycles. The molecule has 1 heterocycles. The third kappa shape index (κ3) is 2.13. The van der Waals surface area contributed by atoms with Crippen LogP contribution in [0.2, 0.25) is 5.02 Å². The summed E-state index contributed by atoms with van der Waals surface area (Å²) in [5.74, 6) is 0.144. The summed E-state index contributed by atoms with van der Waals surface area (Å²) >= 11 is 5.86. The van der Waals surface area contributed by atoms with Gasteiger partial charge in [-0.3, -0.25) is 4.79 Å². The summed E-state index contributed by atoms with van der Waals surface area (Å²) in [6.45, 7) is 1.71. The van der Waals surface area contributed by atoms with Crippen molar-refractivity contribution >= 4 is 17.5 Å². The Morgan fingerprint density at radius 2 is 2.06 bits per heavy atom. The molecule has 3 nitrogen and oxygen atoms in total. The molecule has 1 saturated carbocycles. The van der Waals surface area contributed by atoms with Crippen molar-refractivity contribution in [3.63, 3.8) is 0 Å². The molecule has 1 aromatic rings. The fourth-order valence-electron chi connectivity index (χ4n) is 3.10. The van der Waals surface area contributed by atoms with E-state index in [9.17, 15) is 4.79 Å². The molecule has 2 atom stereocenters. The molecule has 0 radical (unpaired) electrons. The average Bonchev–Trinajstić information content (AvgIpc) is 2.87. The Kier molecular flexibility index (Phi) is 3.27. The summed E-state index contributed by atoms with van der Waals surface area (Å²) in [7, 11) is 0. The molecule has 1 saturated heterocycles. The Morgan fingerprint density at radius 3 is 2.83 bits per heavy atom. The first-order chi connectivity index (χ1) is 8.75. The van der Waals surface area contributed by atoms with Gasteiger partial charge in [0.25, 0.3) is 5.91 Å². The lowest BCUT2D eigenvalue weighted by atomic mass is 10.1. The van der Waals surface area contributed by atoms with Gasteiger partial charge in [-0.2, -0.15) is 0 Å². The zero-order chi connectivity index (χ0) is 12.5. The van der Waals surface area contributed by atoms with E-state index in [4.69, 9.17) is 11.6 Å². The minimum Gasteiger partial charge on any atom is -0.333 e. The van der Waals surface area contributed by atoms with Crippen molar-refractivity contribution in [3.05, 3.63) is 34.9 Å². The molecule has 1 aromatic carbocycles. The second-order valence-corrected chi connectivity index (χ2v) is 5.50. The van der Waals surface area contributed by atoms with Crippen LogP contribution in [-0.2, 0) is 0 Å². The number of piperazine rings is 1. The maximum atomic E-state index is 12.5. The van der Waals surface area contributed by atoms with E-state index in [1.165, 1.54) is 12.8 Å². The normalized spacial score (nSPS) is 27.1. The van der Waals surface area contributed by atoms with Crippen molar-refractivity contribution < 1.29 is 4.79 Å². The van der Waals surface area contributed by atoms with Crippen LogP contribution in [0.1, 0.15) is 29.6 Å². The highest BCUT2D eigenvalue weighted by Gasteiger charge is 2.37. The zero-order valence-corrected chi connectivity index (χ0v) is 11.0. The van der Waals surface area contributed by atoms with Crippen LogP contribution in [0.3, 0.4) is 0 Å². The Balaban J connectivity index is 1.81. The number of carbonyl (C=O) groups is 1. The number of carbonyl (C=O) groups excluding carboxylic acids is 1. The smallest absolute Gasteiger partial charge is 0.254 e. The summed E-state index contributed by atoms with van der Waals surface area (Å²) in [5, 5.41) is 4.18. The highest BCUT2D eigenvalue weighted by Crippen LogP contribution is 2.27. The lowest BCUT2D eigenvalue weighted by Gasteiger charge is -2.38. The Hall–Kier alpha value is -1.06. The third-order valence-electron chi connectivity index (χ3n) is 3.99. The molecular weight excluding hydrogens is 248 g/mol. The van der Waals surface area contributed by atoms with E-state index in [-0.39, 0.29) is 5.91 Å². The van der Waals surface area contributed by atoms with E-state index >= 15 is 0 Å². The van der Waals surface area contributed by atoms with Gasteiger partial charge in [0.15, 0.2) is 0 Å². The van der Waals surface area contributed by atoms with Crippen LogP contribution in [0.4, 0.5) is 0 Å². The molecule has 0 aromatic heterocycles. The minimum atomic E-state index is 0.144. The maximum Gasteiger partial charge on any atom is 0.254 e. The van der Waals surface area contributed by atoms with E-state index in [0.29, 0.717) is 17.1 Å². The molecule has 96 valence electrons. The first-order valence-electron chi connectivity index (χ1n) is 6.55. The molecule has 18 heavy (non-hydrogen) atoms. The Labute approximate surface area is 112 Å². The highest BCUT2D eigenvalue weighted by molar-refractivity contribution is 6.30. The predicted octanol–water partition coefficient (Wildman–Crippen LogP) is 2.31. The molecular formula is C14H17ClN2O. The molecule has 3 rings (SSSR count). The zero-order valence-electron chi connectivity index (χ0n) is 10.2. The molecule has 2 fully saturated rings. The quantitative estimate of drug-likeness (QED) is 0.844. The van der Waals surface area contributed by atoms with Gasteiger partial charge in [0.1, 0.15) is 0 Å². The fourth-order valence-corrected chi connectivity index (χ4v) is 3.22. The van der Waals surface area contributed by atoms with Crippen LogP contribution >= 0.6 is 11.6 Å². The monoisotopic (exact) mass is 264 g/mol. The SMILES string of the molecule is O=C(c1ccc(Cl)cc1)N1CCNC2CCCC21. The van der Waals surface area contributed by atoms with Crippen LogP contribution in [0.15, 0.2) is 24.3 Å².